The number of carbonyl (C=O) groups is 2. The fourth-order valence-corrected chi connectivity index (χ4v) is 2.53. The molecule has 0 aromatic heterocycles. The Hall–Kier alpha value is -1.90. The van der Waals surface area contributed by atoms with Crippen LogP contribution in [0.3, 0.4) is 0 Å². The van der Waals surface area contributed by atoms with Crippen molar-refractivity contribution < 1.29 is 9.59 Å². The van der Waals surface area contributed by atoms with Crippen molar-refractivity contribution in [3.63, 3.8) is 0 Å². The minimum Gasteiger partial charge on any atom is -0.312 e. The number of anilines is 1. The van der Waals surface area contributed by atoms with Crippen LogP contribution in [0.15, 0.2) is 43.0 Å². The van der Waals surface area contributed by atoms with Crippen LogP contribution in [0.5, 0.6) is 0 Å². The molecule has 1 fully saturated rings. The van der Waals surface area contributed by atoms with Crippen LogP contribution in [-0.4, -0.2) is 18.2 Å². The molecule has 18 heavy (non-hydrogen) atoms. The molecule has 1 aliphatic heterocycles. The van der Waals surface area contributed by atoms with Gasteiger partial charge in [0.25, 0.3) is 0 Å². The normalized spacial score (nSPS) is 23.2. The van der Waals surface area contributed by atoms with E-state index in [-0.39, 0.29) is 11.7 Å². The number of carbonyl (C=O) groups excluding carboxylic acids is 2. The van der Waals surface area contributed by atoms with Gasteiger partial charge in [0.05, 0.1) is 0 Å². The first-order valence-electron chi connectivity index (χ1n) is 6.11. The molecule has 3 nitrogen and oxygen atoms in total. The molecule has 3 heteroatoms. The molecule has 1 atom stereocenters. The summed E-state index contributed by atoms with van der Waals surface area (Å²) in [6.07, 6.45) is 2.65. The van der Waals surface area contributed by atoms with E-state index in [9.17, 15) is 9.59 Å². The van der Waals surface area contributed by atoms with Gasteiger partial charge >= 0.3 is 0 Å². The third-order valence-corrected chi connectivity index (χ3v) is 3.65. The Morgan fingerprint density at radius 3 is 2.67 bits per heavy atom. The Bertz CT molecular complexity index is 481. The average Bonchev–Trinajstić information content (AvgIpc) is 2.70. The average molecular weight is 243 g/mol. The highest BCUT2D eigenvalue weighted by atomic mass is 16.2. The SMILES string of the molecule is C=CCC1(C(C)=O)CCN(c2ccccc2)C1=O. The second-order valence-corrected chi connectivity index (χ2v) is 4.67. The van der Waals surface area contributed by atoms with Crippen LogP contribution < -0.4 is 4.90 Å². The van der Waals surface area contributed by atoms with E-state index >= 15 is 0 Å². The standard InChI is InChI=1S/C15H17NO2/c1-3-9-15(12(2)17)10-11-16(14(15)18)13-7-5-4-6-8-13/h3-8H,1,9-11H2,2H3. The largest absolute Gasteiger partial charge is 0.312 e. The predicted octanol–water partition coefficient (Wildman–Crippen LogP) is 2.57. The van der Waals surface area contributed by atoms with E-state index in [1.807, 2.05) is 30.3 Å². The van der Waals surface area contributed by atoms with Gasteiger partial charge in [-0.25, -0.2) is 0 Å². The zero-order chi connectivity index (χ0) is 13.2. The molecule has 94 valence electrons. The lowest BCUT2D eigenvalue weighted by Crippen LogP contribution is -2.39. The Balaban J connectivity index is 2.33. The number of hydrogen-bond acceptors (Lipinski definition) is 2. The van der Waals surface area contributed by atoms with Crippen molar-refractivity contribution in [1.82, 2.24) is 0 Å². The number of amides is 1. The number of rotatable bonds is 4. The van der Waals surface area contributed by atoms with E-state index in [2.05, 4.69) is 6.58 Å². The van der Waals surface area contributed by atoms with Gasteiger partial charge in [0, 0.05) is 12.2 Å². The summed E-state index contributed by atoms with van der Waals surface area (Å²) in [5.74, 6) is -0.160. The number of benzene rings is 1. The highest BCUT2D eigenvalue weighted by molar-refractivity contribution is 6.13. The second-order valence-electron chi connectivity index (χ2n) is 4.67. The van der Waals surface area contributed by atoms with Crippen molar-refractivity contribution in [2.24, 2.45) is 5.41 Å². The van der Waals surface area contributed by atoms with Crippen LogP contribution in [-0.2, 0) is 9.59 Å². The van der Waals surface area contributed by atoms with Crippen LogP contribution in [0.1, 0.15) is 19.8 Å². The number of hydrogen-bond donors (Lipinski definition) is 0. The predicted molar refractivity (Wildman–Crippen MR) is 71.3 cm³/mol. The summed E-state index contributed by atoms with van der Waals surface area (Å²) in [7, 11) is 0. The van der Waals surface area contributed by atoms with Gasteiger partial charge in [0.1, 0.15) is 11.2 Å². The monoisotopic (exact) mass is 243 g/mol. The zero-order valence-corrected chi connectivity index (χ0v) is 10.6. The highest BCUT2D eigenvalue weighted by Crippen LogP contribution is 2.38. The van der Waals surface area contributed by atoms with E-state index < -0.39 is 5.41 Å². The first kappa shape index (κ1) is 12.6. The first-order valence-corrected chi connectivity index (χ1v) is 6.11. The van der Waals surface area contributed by atoms with Crippen molar-refractivity contribution in [3.8, 4) is 0 Å². The van der Waals surface area contributed by atoms with Gasteiger partial charge in [-0.3, -0.25) is 9.59 Å². The fourth-order valence-electron chi connectivity index (χ4n) is 2.53. The lowest BCUT2D eigenvalue weighted by atomic mass is 9.79. The Morgan fingerprint density at radius 1 is 1.44 bits per heavy atom. The van der Waals surface area contributed by atoms with Gasteiger partial charge in [-0.15, -0.1) is 6.58 Å². The molecule has 0 spiro atoms. The molecule has 0 saturated carbocycles. The summed E-state index contributed by atoms with van der Waals surface area (Å²) >= 11 is 0. The van der Waals surface area contributed by atoms with E-state index in [0.29, 0.717) is 19.4 Å². The molecular formula is C15H17NO2. The number of para-hydroxylation sites is 1. The van der Waals surface area contributed by atoms with Gasteiger partial charge in [-0.05, 0) is 31.9 Å². The molecule has 1 amide bonds. The van der Waals surface area contributed by atoms with Crippen molar-refractivity contribution in [3.05, 3.63) is 43.0 Å². The second kappa shape index (κ2) is 4.77. The fraction of sp³-hybridized carbons (Fsp3) is 0.333. The van der Waals surface area contributed by atoms with Crippen LogP contribution in [0, 0.1) is 5.41 Å². The Morgan fingerprint density at radius 2 is 2.11 bits per heavy atom. The van der Waals surface area contributed by atoms with Crippen LogP contribution in [0.25, 0.3) is 0 Å². The summed E-state index contributed by atoms with van der Waals surface area (Å²) in [4.78, 5) is 26.1. The molecule has 0 bridgehead atoms. The first-order chi connectivity index (χ1) is 8.62. The molecule has 1 unspecified atom stereocenters. The smallest absolute Gasteiger partial charge is 0.241 e. The van der Waals surface area contributed by atoms with Gasteiger partial charge in [0.2, 0.25) is 5.91 Å². The van der Waals surface area contributed by atoms with E-state index in [1.165, 1.54) is 6.92 Å². The molecule has 1 aliphatic rings. The molecule has 1 aromatic rings. The number of ketones is 1. The minimum atomic E-state index is -0.891. The lowest BCUT2D eigenvalue weighted by Gasteiger charge is -2.23. The molecule has 1 saturated heterocycles. The summed E-state index contributed by atoms with van der Waals surface area (Å²) in [5, 5.41) is 0. The van der Waals surface area contributed by atoms with Gasteiger partial charge in [-0.1, -0.05) is 24.3 Å². The van der Waals surface area contributed by atoms with Crippen LogP contribution >= 0.6 is 0 Å². The number of Topliss-reactive ketones (excluding diaryl/α,β-unsaturated/α-hetero) is 1. The van der Waals surface area contributed by atoms with Crippen LogP contribution in [0.4, 0.5) is 5.69 Å². The van der Waals surface area contributed by atoms with Gasteiger partial charge < -0.3 is 4.90 Å². The van der Waals surface area contributed by atoms with E-state index in [4.69, 9.17) is 0 Å². The Kier molecular flexibility index (Phi) is 3.32. The van der Waals surface area contributed by atoms with Crippen molar-refractivity contribution in [2.75, 3.05) is 11.4 Å². The maximum absolute atomic E-state index is 12.5. The third kappa shape index (κ3) is 1.86. The van der Waals surface area contributed by atoms with Crippen molar-refractivity contribution in [2.45, 2.75) is 19.8 Å². The molecule has 1 aromatic carbocycles. The minimum absolute atomic E-state index is 0.0640. The van der Waals surface area contributed by atoms with Gasteiger partial charge in [0.15, 0.2) is 0 Å². The highest BCUT2D eigenvalue weighted by Gasteiger charge is 2.49. The van der Waals surface area contributed by atoms with E-state index in [1.54, 1.807) is 11.0 Å². The topological polar surface area (TPSA) is 37.4 Å². The summed E-state index contributed by atoms with van der Waals surface area (Å²) < 4.78 is 0. The number of nitrogens with zero attached hydrogens (tertiary/aromatic N) is 1. The lowest BCUT2D eigenvalue weighted by molar-refractivity contribution is -0.136. The molecular weight excluding hydrogens is 226 g/mol. The summed E-state index contributed by atoms with van der Waals surface area (Å²) in [5.41, 5.74) is -0.0351. The summed E-state index contributed by atoms with van der Waals surface area (Å²) in [6, 6.07) is 9.48. The molecule has 1 heterocycles. The summed E-state index contributed by atoms with van der Waals surface area (Å²) in [6.45, 7) is 5.75. The molecule has 2 rings (SSSR count). The van der Waals surface area contributed by atoms with Crippen LogP contribution in [0.2, 0.25) is 0 Å². The van der Waals surface area contributed by atoms with Gasteiger partial charge in [-0.2, -0.15) is 0 Å². The molecule has 0 N–H and O–H groups in total. The molecule has 0 aliphatic carbocycles. The van der Waals surface area contributed by atoms with Crippen molar-refractivity contribution in [1.29, 1.82) is 0 Å². The number of allylic oxidation sites excluding steroid dienone is 1. The maximum Gasteiger partial charge on any atom is 0.241 e. The third-order valence-electron chi connectivity index (χ3n) is 3.65. The maximum atomic E-state index is 12.5. The Labute approximate surface area is 107 Å². The molecule has 0 radical (unpaired) electrons. The van der Waals surface area contributed by atoms with E-state index in [0.717, 1.165) is 5.69 Å². The quantitative estimate of drug-likeness (QED) is 0.602. The zero-order valence-electron chi connectivity index (χ0n) is 10.6. The van der Waals surface area contributed by atoms with Crippen molar-refractivity contribution >= 4 is 17.4 Å².